The van der Waals surface area contributed by atoms with Crippen LogP contribution in [-0.4, -0.2) is 33.3 Å². The van der Waals surface area contributed by atoms with E-state index in [0.29, 0.717) is 42.1 Å². The second kappa shape index (κ2) is 5.80. The Hall–Kier alpha value is -1.95. The van der Waals surface area contributed by atoms with Crippen LogP contribution in [0.15, 0.2) is 17.5 Å². The Morgan fingerprint density at radius 1 is 1.44 bits per heavy atom. The maximum absolute atomic E-state index is 12.1. The third-order valence-corrected chi connectivity index (χ3v) is 5.68. The van der Waals surface area contributed by atoms with Crippen LogP contribution in [0.2, 0.25) is 0 Å². The summed E-state index contributed by atoms with van der Waals surface area (Å²) in [7, 11) is 0. The molecular formula is C19H25N3O3. The molecule has 6 rings (SSSR count). The van der Waals surface area contributed by atoms with Gasteiger partial charge in [-0.25, -0.2) is 14.8 Å². The maximum Gasteiger partial charge on any atom is 0.341 e. The van der Waals surface area contributed by atoms with Crippen molar-refractivity contribution in [3.05, 3.63) is 28.7 Å². The zero-order chi connectivity index (χ0) is 17.8. The highest BCUT2D eigenvalue weighted by Crippen LogP contribution is 2.60. The first-order chi connectivity index (χ1) is 11.9. The number of anilines is 1. The molecule has 2 atom stereocenters. The number of carbonyl (C=O) groups is 1. The molecule has 4 bridgehead atoms. The second-order valence-electron chi connectivity index (χ2n) is 7.87. The average Bonchev–Trinajstić information content (AvgIpc) is 2.53. The van der Waals surface area contributed by atoms with Gasteiger partial charge < -0.3 is 15.2 Å². The molecule has 3 fully saturated rings. The molecule has 5 aliphatic carbocycles. The van der Waals surface area contributed by atoms with Crippen molar-refractivity contribution in [1.82, 2.24) is 9.97 Å². The van der Waals surface area contributed by atoms with Crippen LogP contribution in [-0.2, 0) is 4.74 Å². The van der Waals surface area contributed by atoms with Gasteiger partial charge in [-0.15, -0.1) is 0 Å². The summed E-state index contributed by atoms with van der Waals surface area (Å²) in [4.78, 5) is 21.0. The Labute approximate surface area is 147 Å². The fourth-order valence-electron chi connectivity index (χ4n) is 4.74. The summed E-state index contributed by atoms with van der Waals surface area (Å²) in [5.74, 6) is 1.23. The number of esters is 1. The third kappa shape index (κ3) is 2.72. The van der Waals surface area contributed by atoms with Crippen molar-refractivity contribution in [2.24, 2.45) is 11.8 Å². The van der Waals surface area contributed by atoms with Crippen molar-refractivity contribution in [1.29, 1.82) is 0 Å². The molecule has 5 aliphatic rings. The van der Waals surface area contributed by atoms with Crippen molar-refractivity contribution in [2.45, 2.75) is 58.0 Å². The maximum atomic E-state index is 12.1. The molecule has 3 saturated carbocycles. The van der Waals surface area contributed by atoms with Crippen molar-refractivity contribution < 1.29 is 14.6 Å². The molecule has 0 amide bonds. The molecular weight excluding hydrogens is 318 g/mol. The van der Waals surface area contributed by atoms with Gasteiger partial charge >= 0.3 is 5.97 Å². The molecule has 1 aromatic heterocycles. The minimum atomic E-state index is -0.566. The van der Waals surface area contributed by atoms with Crippen LogP contribution in [0.4, 0.5) is 5.95 Å². The van der Waals surface area contributed by atoms with E-state index in [2.05, 4.69) is 15.3 Å². The minimum absolute atomic E-state index is 0.0843. The van der Waals surface area contributed by atoms with Gasteiger partial charge in [0.15, 0.2) is 0 Å². The van der Waals surface area contributed by atoms with Gasteiger partial charge in [-0.1, -0.05) is 13.8 Å². The lowest BCUT2D eigenvalue weighted by Crippen LogP contribution is -2.53. The SMILES string of the molecule is CCOC(=O)c1cnc(NC2=C3C4CC3CC(O)(C2)C4)nc1C(C)C. The highest BCUT2D eigenvalue weighted by Gasteiger charge is 2.55. The van der Waals surface area contributed by atoms with Gasteiger partial charge in [0.2, 0.25) is 5.95 Å². The monoisotopic (exact) mass is 343 g/mol. The van der Waals surface area contributed by atoms with Gasteiger partial charge in [0.25, 0.3) is 0 Å². The highest BCUT2D eigenvalue weighted by atomic mass is 16.5. The van der Waals surface area contributed by atoms with Crippen LogP contribution >= 0.6 is 0 Å². The van der Waals surface area contributed by atoms with Gasteiger partial charge in [0.05, 0.1) is 23.5 Å². The number of aliphatic hydroxyl groups is 1. The van der Waals surface area contributed by atoms with Crippen molar-refractivity contribution in [3.8, 4) is 0 Å². The van der Waals surface area contributed by atoms with E-state index in [1.54, 1.807) is 13.1 Å². The predicted molar refractivity (Wildman–Crippen MR) is 93.1 cm³/mol. The van der Waals surface area contributed by atoms with Crippen molar-refractivity contribution in [3.63, 3.8) is 0 Å². The number of hydrogen-bond donors (Lipinski definition) is 2. The molecule has 2 unspecified atom stereocenters. The smallest absolute Gasteiger partial charge is 0.341 e. The summed E-state index contributed by atoms with van der Waals surface area (Å²) in [6, 6.07) is 0. The lowest BCUT2D eigenvalue weighted by molar-refractivity contribution is -0.0693. The fourth-order valence-corrected chi connectivity index (χ4v) is 4.74. The number of fused-ring (bicyclic) bond motifs is 1. The largest absolute Gasteiger partial charge is 0.462 e. The van der Waals surface area contributed by atoms with E-state index in [1.807, 2.05) is 13.8 Å². The molecule has 0 saturated heterocycles. The van der Waals surface area contributed by atoms with E-state index in [4.69, 9.17) is 4.74 Å². The zero-order valence-electron chi connectivity index (χ0n) is 15.0. The molecule has 1 heterocycles. The molecule has 2 N–H and O–H groups in total. The van der Waals surface area contributed by atoms with E-state index in [1.165, 1.54) is 12.0 Å². The number of aromatic nitrogens is 2. The van der Waals surface area contributed by atoms with Gasteiger partial charge in [-0.3, -0.25) is 0 Å². The van der Waals surface area contributed by atoms with Crippen molar-refractivity contribution >= 4 is 11.9 Å². The quantitative estimate of drug-likeness (QED) is 0.800. The second-order valence-corrected chi connectivity index (χ2v) is 7.87. The Morgan fingerprint density at radius 3 is 2.76 bits per heavy atom. The molecule has 6 nitrogen and oxygen atoms in total. The van der Waals surface area contributed by atoms with Crippen LogP contribution in [0, 0.1) is 11.8 Å². The Bertz CT molecular complexity index is 742. The first-order valence-electron chi connectivity index (χ1n) is 9.16. The van der Waals surface area contributed by atoms with E-state index in [9.17, 15) is 9.90 Å². The van der Waals surface area contributed by atoms with Gasteiger partial charge in [0, 0.05) is 18.3 Å². The molecule has 1 aromatic rings. The lowest BCUT2D eigenvalue weighted by Gasteiger charge is -2.57. The number of allylic oxidation sites excluding steroid dienone is 1. The topological polar surface area (TPSA) is 84.3 Å². The Balaban J connectivity index is 1.62. The molecule has 0 spiro atoms. The number of rotatable bonds is 5. The standard InChI is InChI=1S/C19H25N3O3/c1-4-25-17(23)13-9-20-18(22-16(13)10(2)3)21-14-8-19(24)6-11-5-12(7-19)15(11)14/h9-12,24H,4-8H2,1-3H3,(H,20,21,22). The number of nitrogens with one attached hydrogen (secondary N) is 1. The Kier molecular flexibility index (Phi) is 3.83. The van der Waals surface area contributed by atoms with Crippen LogP contribution in [0.25, 0.3) is 0 Å². The molecule has 134 valence electrons. The zero-order valence-corrected chi connectivity index (χ0v) is 15.0. The summed E-state index contributed by atoms with van der Waals surface area (Å²) >= 11 is 0. The van der Waals surface area contributed by atoms with Gasteiger partial charge in [0.1, 0.15) is 0 Å². The summed E-state index contributed by atoms with van der Waals surface area (Å²) in [6.45, 7) is 6.11. The van der Waals surface area contributed by atoms with E-state index < -0.39 is 5.60 Å². The summed E-state index contributed by atoms with van der Waals surface area (Å²) in [5, 5.41) is 14.0. The number of carbonyl (C=O) groups excluding carboxylic acids is 1. The Morgan fingerprint density at radius 2 is 2.16 bits per heavy atom. The van der Waals surface area contributed by atoms with Gasteiger partial charge in [-0.2, -0.15) is 0 Å². The molecule has 0 radical (unpaired) electrons. The van der Waals surface area contributed by atoms with E-state index in [0.717, 1.165) is 18.5 Å². The van der Waals surface area contributed by atoms with Gasteiger partial charge in [-0.05, 0) is 49.5 Å². The predicted octanol–water partition coefficient (Wildman–Crippen LogP) is 3.01. The lowest BCUT2D eigenvalue weighted by atomic mass is 9.51. The van der Waals surface area contributed by atoms with Crippen LogP contribution in [0.1, 0.15) is 68.4 Å². The number of nitrogens with zero attached hydrogens (tertiary/aromatic N) is 2. The third-order valence-electron chi connectivity index (χ3n) is 5.68. The summed E-state index contributed by atoms with van der Waals surface area (Å²) < 4.78 is 5.10. The highest BCUT2D eigenvalue weighted by molar-refractivity contribution is 5.90. The molecule has 0 aromatic carbocycles. The minimum Gasteiger partial charge on any atom is -0.462 e. The van der Waals surface area contributed by atoms with Crippen LogP contribution in [0.5, 0.6) is 0 Å². The van der Waals surface area contributed by atoms with E-state index >= 15 is 0 Å². The fraction of sp³-hybridized carbons (Fsp3) is 0.632. The first-order valence-corrected chi connectivity index (χ1v) is 9.16. The summed E-state index contributed by atoms with van der Waals surface area (Å²) in [5.41, 5.74) is 3.08. The molecule has 0 aliphatic heterocycles. The van der Waals surface area contributed by atoms with Crippen LogP contribution in [0.3, 0.4) is 0 Å². The summed E-state index contributed by atoms with van der Waals surface area (Å²) in [6.07, 6.45) is 5.18. The van der Waals surface area contributed by atoms with Crippen LogP contribution < -0.4 is 5.32 Å². The molecule has 25 heavy (non-hydrogen) atoms. The van der Waals surface area contributed by atoms with Crippen molar-refractivity contribution in [2.75, 3.05) is 11.9 Å². The average molecular weight is 343 g/mol. The molecule has 6 heteroatoms. The normalized spacial score (nSPS) is 29.6. The first kappa shape index (κ1) is 16.5. The number of hydrogen-bond acceptors (Lipinski definition) is 6. The van der Waals surface area contributed by atoms with E-state index in [-0.39, 0.29) is 11.9 Å². The number of ether oxygens (including phenoxy) is 1.